The zero-order valence-electron chi connectivity index (χ0n) is 9.94. The summed E-state index contributed by atoms with van der Waals surface area (Å²) in [4.78, 5) is 11.6. The zero-order valence-corrected chi connectivity index (χ0v) is 9.94. The van der Waals surface area contributed by atoms with Crippen LogP contribution in [0.15, 0.2) is 18.2 Å². The van der Waals surface area contributed by atoms with Crippen LogP contribution < -0.4 is 15.8 Å². The highest BCUT2D eigenvalue weighted by Crippen LogP contribution is 2.18. The Balaban J connectivity index is 2.27. The summed E-state index contributed by atoms with van der Waals surface area (Å²) in [6.45, 7) is 1.67. The molecule has 94 valence electrons. The van der Waals surface area contributed by atoms with Crippen LogP contribution in [0, 0.1) is 12.7 Å². The number of rotatable bonds is 3. The van der Waals surface area contributed by atoms with Gasteiger partial charge in [0.25, 0.3) is 0 Å². The third-order valence-corrected chi connectivity index (χ3v) is 2.23. The molecule has 0 radical (unpaired) electrons. The third-order valence-electron chi connectivity index (χ3n) is 2.23. The van der Waals surface area contributed by atoms with E-state index in [1.165, 1.54) is 13.2 Å². The summed E-state index contributed by atoms with van der Waals surface area (Å²) in [5.41, 5.74) is 6.68. The Kier molecular flexibility index (Phi) is 3.22. The van der Waals surface area contributed by atoms with Crippen LogP contribution in [0.4, 0.5) is 22.0 Å². The molecule has 0 unspecified atom stereocenters. The summed E-state index contributed by atoms with van der Waals surface area (Å²) < 4.78 is 18.0. The Morgan fingerprint density at radius 2 is 2.06 bits per heavy atom. The lowest BCUT2D eigenvalue weighted by molar-refractivity contribution is 0.380. The average molecular weight is 249 g/mol. The Morgan fingerprint density at radius 1 is 1.28 bits per heavy atom. The second-order valence-corrected chi connectivity index (χ2v) is 3.59. The van der Waals surface area contributed by atoms with E-state index in [0.717, 1.165) is 0 Å². The van der Waals surface area contributed by atoms with Crippen LogP contribution in [0.3, 0.4) is 0 Å². The monoisotopic (exact) mass is 249 g/mol. The van der Waals surface area contributed by atoms with Gasteiger partial charge in [0.2, 0.25) is 11.9 Å². The first-order valence-corrected chi connectivity index (χ1v) is 5.17. The van der Waals surface area contributed by atoms with Gasteiger partial charge in [0.05, 0.1) is 7.11 Å². The van der Waals surface area contributed by atoms with Gasteiger partial charge in [-0.25, -0.2) is 4.39 Å². The Bertz CT molecular complexity index is 575. The lowest BCUT2D eigenvalue weighted by Gasteiger charge is -2.07. The highest BCUT2D eigenvalue weighted by molar-refractivity contribution is 5.55. The van der Waals surface area contributed by atoms with Crippen LogP contribution in [0.25, 0.3) is 0 Å². The lowest BCUT2D eigenvalue weighted by atomic mass is 10.2. The van der Waals surface area contributed by atoms with Crippen molar-refractivity contribution >= 4 is 17.6 Å². The van der Waals surface area contributed by atoms with Crippen LogP contribution >= 0.6 is 0 Å². The van der Waals surface area contributed by atoms with E-state index in [4.69, 9.17) is 10.5 Å². The van der Waals surface area contributed by atoms with Crippen LogP contribution in [0.1, 0.15) is 5.56 Å². The number of nitrogens with two attached hydrogens (primary N) is 1. The molecule has 1 aromatic heterocycles. The van der Waals surface area contributed by atoms with Gasteiger partial charge >= 0.3 is 6.01 Å². The first-order chi connectivity index (χ1) is 8.58. The minimum absolute atomic E-state index is 0.0446. The van der Waals surface area contributed by atoms with Crippen LogP contribution in [-0.4, -0.2) is 22.1 Å². The van der Waals surface area contributed by atoms with Gasteiger partial charge in [0.1, 0.15) is 5.82 Å². The smallest absolute Gasteiger partial charge is 0.322 e. The molecular formula is C11H12FN5O. The highest BCUT2D eigenvalue weighted by Gasteiger charge is 2.05. The molecule has 0 saturated heterocycles. The van der Waals surface area contributed by atoms with Crippen molar-refractivity contribution in [2.75, 3.05) is 18.2 Å². The van der Waals surface area contributed by atoms with Crippen molar-refractivity contribution in [1.29, 1.82) is 0 Å². The second kappa shape index (κ2) is 4.82. The van der Waals surface area contributed by atoms with Crippen molar-refractivity contribution in [2.45, 2.75) is 6.92 Å². The molecule has 1 aromatic carbocycles. The molecule has 3 N–H and O–H groups in total. The van der Waals surface area contributed by atoms with Crippen molar-refractivity contribution in [3.8, 4) is 6.01 Å². The molecule has 0 amide bonds. The number of halogens is 1. The summed E-state index contributed by atoms with van der Waals surface area (Å²) in [7, 11) is 1.43. The van der Waals surface area contributed by atoms with Gasteiger partial charge in [-0.1, -0.05) is 0 Å². The van der Waals surface area contributed by atoms with Crippen LogP contribution in [-0.2, 0) is 0 Å². The molecule has 0 aliphatic heterocycles. The quantitative estimate of drug-likeness (QED) is 0.860. The van der Waals surface area contributed by atoms with Gasteiger partial charge in [-0.05, 0) is 30.7 Å². The second-order valence-electron chi connectivity index (χ2n) is 3.59. The number of aryl methyl sites for hydroxylation is 1. The van der Waals surface area contributed by atoms with Gasteiger partial charge in [0.15, 0.2) is 0 Å². The maximum absolute atomic E-state index is 13.1. The Morgan fingerprint density at radius 3 is 2.72 bits per heavy atom. The minimum atomic E-state index is -0.270. The van der Waals surface area contributed by atoms with E-state index in [-0.39, 0.29) is 23.7 Å². The number of nitrogens with one attached hydrogen (secondary N) is 1. The number of methoxy groups -OCH3 is 1. The first-order valence-electron chi connectivity index (χ1n) is 5.17. The molecule has 1 heterocycles. The fraction of sp³-hybridized carbons (Fsp3) is 0.182. The van der Waals surface area contributed by atoms with E-state index >= 15 is 0 Å². The van der Waals surface area contributed by atoms with E-state index < -0.39 is 0 Å². The number of hydrogen-bond acceptors (Lipinski definition) is 6. The van der Waals surface area contributed by atoms with Gasteiger partial charge in [-0.2, -0.15) is 15.0 Å². The SMILES string of the molecule is COc1nc(N)nc(Nc2ccc(F)c(C)c2)n1. The molecule has 2 aromatic rings. The maximum atomic E-state index is 13.1. The minimum Gasteiger partial charge on any atom is -0.467 e. The molecule has 0 aliphatic rings. The number of anilines is 3. The van der Waals surface area contributed by atoms with Crippen molar-refractivity contribution in [1.82, 2.24) is 15.0 Å². The van der Waals surface area contributed by atoms with E-state index in [2.05, 4.69) is 20.3 Å². The van der Waals surface area contributed by atoms with Crippen molar-refractivity contribution in [3.05, 3.63) is 29.6 Å². The summed E-state index contributed by atoms with van der Waals surface area (Å²) in [6, 6.07) is 4.69. The highest BCUT2D eigenvalue weighted by atomic mass is 19.1. The first kappa shape index (κ1) is 12.0. The summed E-state index contributed by atoms with van der Waals surface area (Å²) in [6.07, 6.45) is 0. The number of benzene rings is 1. The normalized spacial score (nSPS) is 10.2. The topological polar surface area (TPSA) is 86.0 Å². The standard InChI is InChI=1S/C11H12FN5O/c1-6-5-7(3-4-8(6)12)14-10-15-9(13)16-11(17-10)18-2/h3-5H,1-2H3,(H3,13,14,15,16,17). The number of ether oxygens (including phenoxy) is 1. The molecule has 0 aliphatic carbocycles. The third kappa shape index (κ3) is 2.62. The van der Waals surface area contributed by atoms with Crippen LogP contribution in [0.5, 0.6) is 6.01 Å². The number of aromatic nitrogens is 3. The fourth-order valence-corrected chi connectivity index (χ4v) is 1.37. The molecule has 18 heavy (non-hydrogen) atoms. The Hall–Kier alpha value is -2.44. The molecule has 0 bridgehead atoms. The zero-order chi connectivity index (χ0) is 13.1. The molecule has 0 spiro atoms. The van der Waals surface area contributed by atoms with Gasteiger partial charge < -0.3 is 15.8 Å². The molecule has 6 nitrogen and oxygen atoms in total. The van der Waals surface area contributed by atoms with E-state index in [0.29, 0.717) is 11.3 Å². The average Bonchev–Trinajstić information content (AvgIpc) is 2.33. The van der Waals surface area contributed by atoms with Gasteiger partial charge in [-0.3, -0.25) is 0 Å². The number of nitrogen functional groups attached to an aromatic ring is 1. The molecule has 7 heteroatoms. The summed E-state index contributed by atoms with van der Waals surface area (Å²) >= 11 is 0. The Labute approximate surface area is 103 Å². The fourth-order valence-electron chi connectivity index (χ4n) is 1.37. The molecule has 2 rings (SSSR count). The summed E-state index contributed by atoms with van der Waals surface area (Å²) in [5.74, 6) is 0.0156. The summed E-state index contributed by atoms with van der Waals surface area (Å²) in [5, 5.41) is 2.90. The van der Waals surface area contributed by atoms with Crippen molar-refractivity contribution in [2.24, 2.45) is 0 Å². The molecule has 0 atom stereocenters. The van der Waals surface area contributed by atoms with Gasteiger partial charge in [-0.15, -0.1) is 0 Å². The van der Waals surface area contributed by atoms with Crippen molar-refractivity contribution < 1.29 is 9.13 Å². The molecule has 0 saturated carbocycles. The van der Waals surface area contributed by atoms with Crippen molar-refractivity contribution in [3.63, 3.8) is 0 Å². The molecular weight excluding hydrogens is 237 g/mol. The van der Waals surface area contributed by atoms with E-state index in [9.17, 15) is 4.39 Å². The predicted octanol–water partition coefficient (Wildman–Crippen LogP) is 1.65. The molecule has 0 fully saturated rings. The van der Waals surface area contributed by atoms with E-state index in [1.54, 1.807) is 19.1 Å². The van der Waals surface area contributed by atoms with E-state index in [1.807, 2.05) is 0 Å². The van der Waals surface area contributed by atoms with Gasteiger partial charge in [0, 0.05) is 5.69 Å². The number of nitrogens with zero attached hydrogens (tertiary/aromatic N) is 3. The lowest BCUT2D eigenvalue weighted by Crippen LogP contribution is -2.05. The van der Waals surface area contributed by atoms with Crippen LogP contribution in [0.2, 0.25) is 0 Å². The predicted molar refractivity (Wildman–Crippen MR) is 65.2 cm³/mol. The largest absolute Gasteiger partial charge is 0.467 e. The maximum Gasteiger partial charge on any atom is 0.322 e. The number of hydrogen-bond donors (Lipinski definition) is 2.